The third kappa shape index (κ3) is 6.57. The molecule has 0 spiro atoms. The zero-order valence-corrected chi connectivity index (χ0v) is 20.3. The van der Waals surface area contributed by atoms with Gasteiger partial charge in [-0.1, -0.05) is 18.9 Å². The maximum atomic E-state index is 12.6. The first kappa shape index (κ1) is 24.8. The van der Waals surface area contributed by atoms with Gasteiger partial charge in [-0.05, 0) is 81.0 Å². The molecule has 6 nitrogen and oxygen atoms in total. The molecule has 6 heteroatoms. The van der Waals surface area contributed by atoms with Crippen LogP contribution in [0.4, 0.5) is 5.69 Å². The highest BCUT2D eigenvalue weighted by Crippen LogP contribution is 2.33. The molecule has 0 unspecified atom stereocenters. The quantitative estimate of drug-likeness (QED) is 0.480. The fourth-order valence-electron chi connectivity index (χ4n) is 4.41. The SMILES string of the molecule is COCCCCNC(=O)c1cc(Oc2ccc(N(C(C)=O)C3CCCC3)cc2C)ccc1C. The standard InChI is InChI=1S/C27H36N2O4/c1-19-11-13-24(18-25(19)27(31)28-15-7-8-16-32-4)33-26-14-12-23(17-20(26)2)29(21(3)30)22-9-5-6-10-22/h11-14,17-18,22H,5-10,15-16H2,1-4H3,(H,28,31). The minimum absolute atomic E-state index is 0.0753. The lowest BCUT2D eigenvalue weighted by Gasteiger charge is -2.28. The molecule has 0 bridgehead atoms. The summed E-state index contributed by atoms with van der Waals surface area (Å²) in [7, 11) is 1.68. The van der Waals surface area contributed by atoms with E-state index in [0.29, 0.717) is 30.2 Å². The predicted octanol–water partition coefficient (Wildman–Crippen LogP) is 5.55. The molecule has 0 radical (unpaired) electrons. The minimum Gasteiger partial charge on any atom is -0.457 e. The average molecular weight is 453 g/mol. The molecule has 0 atom stereocenters. The van der Waals surface area contributed by atoms with Gasteiger partial charge in [-0.15, -0.1) is 0 Å². The number of nitrogens with one attached hydrogen (secondary N) is 1. The maximum Gasteiger partial charge on any atom is 0.251 e. The molecule has 33 heavy (non-hydrogen) atoms. The third-order valence-electron chi connectivity index (χ3n) is 6.21. The summed E-state index contributed by atoms with van der Waals surface area (Å²) in [5.41, 5.74) is 3.37. The van der Waals surface area contributed by atoms with E-state index in [1.54, 1.807) is 20.1 Å². The molecule has 2 aromatic carbocycles. The van der Waals surface area contributed by atoms with Crippen molar-refractivity contribution in [2.24, 2.45) is 0 Å². The molecule has 178 valence electrons. The molecule has 1 aliphatic carbocycles. The summed E-state index contributed by atoms with van der Waals surface area (Å²) in [4.78, 5) is 26.9. The van der Waals surface area contributed by atoms with Crippen molar-refractivity contribution >= 4 is 17.5 Å². The molecule has 1 aliphatic rings. The van der Waals surface area contributed by atoms with Crippen LogP contribution in [-0.2, 0) is 9.53 Å². The van der Waals surface area contributed by atoms with Gasteiger partial charge in [0.25, 0.3) is 5.91 Å². The fourth-order valence-corrected chi connectivity index (χ4v) is 4.41. The van der Waals surface area contributed by atoms with E-state index >= 15 is 0 Å². The number of aryl methyl sites for hydroxylation is 2. The molecule has 2 aromatic rings. The number of amides is 2. The Morgan fingerprint density at radius 3 is 2.45 bits per heavy atom. The van der Waals surface area contributed by atoms with Crippen LogP contribution in [0, 0.1) is 13.8 Å². The number of rotatable bonds is 10. The maximum absolute atomic E-state index is 12.6. The highest BCUT2D eigenvalue weighted by Gasteiger charge is 2.26. The lowest BCUT2D eigenvalue weighted by molar-refractivity contribution is -0.117. The Morgan fingerprint density at radius 1 is 1.03 bits per heavy atom. The number of benzene rings is 2. The van der Waals surface area contributed by atoms with Crippen molar-refractivity contribution in [3.63, 3.8) is 0 Å². The van der Waals surface area contributed by atoms with Crippen LogP contribution >= 0.6 is 0 Å². The van der Waals surface area contributed by atoms with E-state index in [9.17, 15) is 9.59 Å². The van der Waals surface area contributed by atoms with Gasteiger partial charge in [-0.25, -0.2) is 0 Å². The van der Waals surface area contributed by atoms with Crippen LogP contribution < -0.4 is 15.0 Å². The molecule has 1 N–H and O–H groups in total. The van der Waals surface area contributed by atoms with Crippen molar-refractivity contribution in [3.8, 4) is 11.5 Å². The van der Waals surface area contributed by atoms with Crippen molar-refractivity contribution in [2.45, 2.75) is 65.3 Å². The Balaban J connectivity index is 1.70. The molecular weight excluding hydrogens is 416 g/mol. The molecule has 3 rings (SSSR count). The highest BCUT2D eigenvalue weighted by molar-refractivity contribution is 5.96. The van der Waals surface area contributed by atoms with Gasteiger partial charge in [-0.3, -0.25) is 9.59 Å². The molecule has 0 saturated heterocycles. The van der Waals surface area contributed by atoms with Crippen LogP contribution in [0.25, 0.3) is 0 Å². The zero-order valence-electron chi connectivity index (χ0n) is 20.3. The van der Waals surface area contributed by atoms with Crippen molar-refractivity contribution in [1.29, 1.82) is 0 Å². The molecule has 2 amide bonds. The van der Waals surface area contributed by atoms with Crippen molar-refractivity contribution in [1.82, 2.24) is 5.32 Å². The van der Waals surface area contributed by atoms with Crippen LogP contribution in [-0.4, -0.2) is 38.1 Å². The molecule has 0 heterocycles. The Morgan fingerprint density at radius 2 is 1.79 bits per heavy atom. The summed E-state index contributed by atoms with van der Waals surface area (Å²) in [5, 5.41) is 2.97. The lowest BCUT2D eigenvalue weighted by atomic mass is 10.1. The second-order valence-corrected chi connectivity index (χ2v) is 8.81. The first-order chi connectivity index (χ1) is 15.9. The normalized spacial score (nSPS) is 13.7. The Bertz CT molecular complexity index is 967. The van der Waals surface area contributed by atoms with Gasteiger partial charge in [-0.2, -0.15) is 0 Å². The lowest BCUT2D eigenvalue weighted by Crippen LogP contribution is -2.37. The summed E-state index contributed by atoms with van der Waals surface area (Å²) >= 11 is 0. The Labute approximate surface area is 197 Å². The number of methoxy groups -OCH3 is 1. The molecule has 0 aliphatic heterocycles. The van der Waals surface area contributed by atoms with E-state index in [4.69, 9.17) is 9.47 Å². The third-order valence-corrected chi connectivity index (χ3v) is 6.21. The van der Waals surface area contributed by atoms with E-state index in [-0.39, 0.29) is 17.9 Å². The number of nitrogens with zero attached hydrogens (tertiary/aromatic N) is 1. The van der Waals surface area contributed by atoms with Gasteiger partial charge in [0, 0.05) is 44.5 Å². The van der Waals surface area contributed by atoms with Crippen molar-refractivity contribution in [3.05, 3.63) is 53.1 Å². The second kappa shape index (κ2) is 11.8. The number of carbonyl (C=O) groups excluding carboxylic acids is 2. The number of carbonyl (C=O) groups is 2. The van der Waals surface area contributed by atoms with Gasteiger partial charge < -0.3 is 19.7 Å². The topological polar surface area (TPSA) is 67.9 Å². The summed E-state index contributed by atoms with van der Waals surface area (Å²) in [5.74, 6) is 1.30. The van der Waals surface area contributed by atoms with E-state index in [1.807, 2.05) is 49.1 Å². The van der Waals surface area contributed by atoms with Crippen molar-refractivity contribution < 1.29 is 19.1 Å². The van der Waals surface area contributed by atoms with Gasteiger partial charge in [0.1, 0.15) is 11.5 Å². The van der Waals surface area contributed by atoms with E-state index in [2.05, 4.69) is 5.32 Å². The largest absolute Gasteiger partial charge is 0.457 e. The zero-order chi connectivity index (χ0) is 23.8. The Hall–Kier alpha value is -2.86. The van der Waals surface area contributed by atoms with E-state index in [1.165, 1.54) is 12.8 Å². The highest BCUT2D eigenvalue weighted by atomic mass is 16.5. The molecular formula is C27H36N2O4. The predicted molar refractivity (Wildman–Crippen MR) is 131 cm³/mol. The number of ether oxygens (including phenoxy) is 2. The number of hydrogen-bond donors (Lipinski definition) is 1. The number of anilines is 1. The summed E-state index contributed by atoms with van der Waals surface area (Å²) in [6.07, 6.45) is 6.24. The summed E-state index contributed by atoms with van der Waals surface area (Å²) in [6.45, 7) is 6.84. The van der Waals surface area contributed by atoms with Gasteiger partial charge >= 0.3 is 0 Å². The first-order valence-corrected chi connectivity index (χ1v) is 11.9. The van der Waals surface area contributed by atoms with Crippen LogP contribution in [0.3, 0.4) is 0 Å². The number of unbranched alkanes of at least 4 members (excludes halogenated alkanes) is 1. The summed E-state index contributed by atoms with van der Waals surface area (Å²) in [6, 6.07) is 11.7. The van der Waals surface area contributed by atoms with Crippen LogP contribution in [0.2, 0.25) is 0 Å². The van der Waals surface area contributed by atoms with Gasteiger partial charge in [0.05, 0.1) is 0 Å². The fraction of sp³-hybridized carbons (Fsp3) is 0.481. The number of hydrogen-bond acceptors (Lipinski definition) is 4. The molecule has 0 aromatic heterocycles. The second-order valence-electron chi connectivity index (χ2n) is 8.81. The van der Waals surface area contributed by atoms with Crippen LogP contribution in [0.5, 0.6) is 11.5 Å². The van der Waals surface area contributed by atoms with Gasteiger partial charge in [0.2, 0.25) is 5.91 Å². The average Bonchev–Trinajstić information content (AvgIpc) is 3.30. The summed E-state index contributed by atoms with van der Waals surface area (Å²) < 4.78 is 11.2. The monoisotopic (exact) mass is 452 g/mol. The molecule has 1 saturated carbocycles. The van der Waals surface area contributed by atoms with Crippen LogP contribution in [0.15, 0.2) is 36.4 Å². The minimum atomic E-state index is -0.101. The van der Waals surface area contributed by atoms with Crippen molar-refractivity contribution in [2.75, 3.05) is 25.2 Å². The van der Waals surface area contributed by atoms with E-state index in [0.717, 1.165) is 42.5 Å². The van der Waals surface area contributed by atoms with E-state index < -0.39 is 0 Å². The first-order valence-electron chi connectivity index (χ1n) is 11.9. The molecule has 1 fully saturated rings. The van der Waals surface area contributed by atoms with Crippen LogP contribution in [0.1, 0.15) is 66.9 Å². The smallest absolute Gasteiger partial charge is 0.251 e. The van der Waals surface area contributed by atoms with Gasteiger partial charge in [0.15, 0.2) is 0 Å². The Kier molecular flexibility index (Phi) is 8.89.